The molecule has 3 nitrogen and oxygen atoms in total. The predicted molar refractivity (Wildman–Crippen MR) is 107 cm³/mol. The lowest BCUT2D eigenvalue weighted by molar-refractivity contribution is 0.125. The van der Waals surface area contributed by atoms with Crippen molar-refractivity contribution in [1.29, 1.82) is 0 Å². The molecule has 1 aromatic carbocycles. The lowest BCUT2D eigenvalue weighted by Gasteiger charge is -2.06. The summed E-state index contributed by atoms with van der Waals surface area (Å²) in [6.07, 6.45) is 10.7. The highest BCUT2D eigenvalue weighted by Crippen LogP contribution is 2.14. The highest BCUT2D eigenvalue weighted by atomic mass is 16.5. The Balaban J connectivity index is 0.000000593. The maximum Gasteiger partial charge on any atom is 0.119 e. The number of phenols is 2. The van der Waals surface area contributed by atoms with Crippen molar-refractivity contribution in [2.45, 2.75) is 79.1 Å². The minimum absolute atomic E-state index is 0.0880. The Kier molecular flexibility index (Phi) is 15.5. The molecule has 0 aliphatic carbocycles. The highest BCUT2D eigenvalue weighted by molar-refractivity contribution is 5.30. The Labute approximate surface area is 155 Å². The molecule has 0 saturated carbocycles. The molecule has 0 amide bonds. The van der Waals surface area contributed by atoms with E-state index in [0.717, 1.165) is 25.0 Å². The van der Waals surface area contributed by atoms with Gasteiger partial charge in [0, 0.05) is 19.3 Å². The van der Waals surface area contributed by atoms with Crippen LogP contribution in [-0.4, -0.2) is 23.4 Å². The van der Waals surface area contributed by atoms with E-state index in [1.165, 1.54) is 69.6 Å². The second-order valence-corrected chi connectivity index (χ2v) is 7.62. The first-order valence-electron chi connectivity index (χ1n) is 9.97. The minimum Gasteiger partial charge on any atom is -0.508 e. The molecule has 0 heterocycles. The SMILES string of the molecule is CC(C)CCCCCOCCCCCC(C)C.Oc1cccc(O)c1. The van der Waals surface area contributed by atoms with E-state index in [0.29, 0.717) is 0 Å². The van der Waals surface area contributed by atoms with Crippen molar-refractivity contribution in [1.82, 2.24) is 0 Å². The van der Waals surface area contributed by atoms with Gasteiger partial charge < -0.3 is 14.9 Å². The van der Waals surface area contributed by atoms with Crippen LogP contribution in [0.2, 0.25) is 0 Å². The van der Waals surface area contributed by atoms with Gasteiger partial charge in [0.05, 0.1) is 0 Å². The molecular formula is C22H40O3. The standard InChI is InChI=1S/C16H34O.C6H6O2/c1-15(2)11-7-5-9-13-17-14-10-6-8-12-16(3)4;7-5-2-1-3-6(8)4-5/h15-16H,5-14H2,1-4H3;1-4,7-8H. The van der Waals surface area contributed by atoms with E-state index in [-0.39, 0.29) is 11.5 Å². The van der Waals surface area contributed by atoms with Gasteiger partial charge in [-0.15, -0.1) is 0 Å². The smallest absolute Gasteiger partial charge is 0.119 e. The summed E-state index contributed by atoms with van der Waals surface area (Å²) in [6, 6.07) is 5.85. The third kappa shape index (κ3) is 19.0. The molecule has 2 N–H and O–H groups in total. The second-order valence-electron chi connectivity index (χ2n) is 7.62. The predicted octanol–water partition coefficient (Wildman–Crippen LogP) is 6.53. The average Bonchev–Trinajstić information content (AvgIpc) is 2.52. The van der Waals surface area contributed by atoms with Crippen molar-refractivity contribution in [3.05, 3.63) is 24.3 Å². The van der Waals surface area contributed by atoms with Gasteiger partial charge in [0.25, 0.3) is 0 Å². The Morgan fingerprint density at radius 2 is 1.16 bits per heavy atom. The second kappa shape index (κ2) is 16.3. The first-order chi connectivity index (χ1) is 11.9. The van der Waals surface area contributed by atoms with Gasteiger partial charge in [-0.25, -0.2) is 0 Å². The third-order valence-corrected chi connectivity index (χ3v) is 3.97. The molecule has 0 bridgehead atoms. The number of aromatic hydroxyl groups is 2. The Morgan fingerprint density at radius 1 is 0.720 bits per heavy atom. The molecular weight excluding hydrogens is 312 g/mol. The highest BCUT2D eigenvalue weighted by Gasteiger charge is 1.96. The quantitative estimate of drug-likeness (QED) is 0.420. The molecule has 0 spiro atoms. The summed E-state index contributed by atoms with van der Waals surface area (Å²) >= 11 is 0. The summed E-state index contributed by atoms with van der Waals surface area (Å²) in [5.41, 5.74) is 0. The van der Waals surface area contributed by atoms with Crippen LogP contribution in [0.5, 0.6) is 11.5 Å². The van der Waals surface area contributed by atoms with Crippen molar-refractivity contribution in [2.75, 3.05) is 13.2 Å². The van der Waals surface area contributed by atoms with E-state index < -0.39 is 0 Å². The van der Waals surface area contributed by atoms with Gasteiger partial charge in [-0.1, -0.05) is 72.3 Å². The minimum atomic E-state index is 0.0880. The van der Waals surface area contributed by atoms with E-state index in [4.69, 9.17) is 14.9 Å². The molecule has 3 heteroatoms. The Hall–Kier alpha value is -1.22. The molecule has 146 valence electrons. The van der Waals surface area contributed by atoms with Gasteiger partial charge in [-0.3, -0.25) is 0 Å². The van der Waals surface area contributed by atoms with Crippen LogP contribution in [0.1, 0.15) is 79.1 Å². The van der Waals surface area contributed by atoms with Crippen molar-refractivity contribution >= 4 is 0 Å². The van der Waals surface area contributed by atoms with Gasteiger partial charge in [0.1, 0.15) is 11.5 Å². The van der Waals surface area contributed by atoms with E-state index in [1.807, 2.05) is 0 Å². The first-order valence-corrected chi connectivity index (χ1v) is 9.97. The van der Waals surface area contributed by atoms with Gasteiger partial charge in [0.2, 0.25) is 0 Å². The maximum atomic E-state index is 8.65. The Bertz CT molecular complexity index is 369. The zero-order valence-electron chi connectivity index (χ0n) is 16.8. The van der Waals surface area contributed by atoms with Crippen molar-refractivity contribution < 1.29 is 14.9 Å². The molecule has 0 aromatic heterocycles. The van der Waals surface area contributed by atoms with E-state index in [9.17, 15) is 0 Å². The summed E-state index contributed by atoms with van der Waals surface area (Å²) in [4.78, 5) is 0. The van der Waals surface area contributed by atoms with Crippen molar-refractivity contribution in [3.63, 3.8) is 0 Å². The fourth-order valence-electron chi connectivity index (χ4n) is 2.46. The molecule has 1 rings (SSSR count). The van der Waals surface area contributed by atoms with Crippen LogP contribution in [0.25, 0.3) is 0 Å². The Morgan fingerprint density at radius 3 is 1.48 bits per heavy atom. The van der Waals surface area contributed by atoms with Gasteiger partial charge in [-0.05, 0) is 36.8 Å². The maximum absolute atomic E-state index is 8.65. The summed E-state index contributed by atoms with van der Waals surface area (Å²) in [7, 11) is 0. The van der Waals surface area contributed by atoms with Crippen molar-refractivity contribution in [2.24, 2.45) is 11.8 Å². The molecule has 25 heavy (non-hydrogen) atoms. The van der Waals surface area contributed by atoms with Crippen LogP contribution in [0, 0.1) is 11.8 Å². The van der Waals surface area contributed by atoms with Gasteiger partial charge >= 0.3 is 0 Å². The molecule has 1 aromatic rings. The van der Waals surface area contributed by atoms with Crippen LogP contribution in [0.3, 0.4) is 0 Å². The van der Waals surface area contributed by atoms with Crippen LogP contribution in [0.15, 0.2) is 24.3 Å². The zero-order chi connectivity index (χ0) is 18.9. The zero-order valence-corrected chi connectivity index (χ0v) is 16.8. The largest absolute Gasteiger partial charge is 0.508 e. The van der Waals surface area contributed by atoms with Crippen LogP contribution < -0.4 is 0 Å². The third-order valence-electron chi connectivity index (χ3n) is 3.97. The summed E-state index contributed by atoms with van der Waals surface area (Å²) < 4.78 is 5.65. The van der Waals surface area contributed by atoms with E-state index >= 15 is 0 Å². The number of rotatable bonds is 12. The summed E-state index contributed by atoms with van der Waals surface area (Å²) in [5.74, 6) is 1.89. The van der Waals surface area contributed by atoms with Gasteiger partial charge in [0.15, 0.2) is 0 Å². The molecule has 0 aliphatic rings. The van der Waals surface area contributed by atoms with E-state index in [1.54, 1.807) is 6.07 Å². The lowest BCUT2D eigenvalue weighted by Crippen LogP contribution is -1.98. The monoisotopic (exact) mass is 352 g/mol. The number of phenolic OH excluding ortho intramolecular Hbond substituents is 2. The molecule has 0 unspecified atom stereocenters. The number of hydrogen-bond donors (Lipinski definition) is 2. The molecule has 0 atom stereocenters. The summed E-state index contributed by atoms with van der Waals surface area (Å²) in [5, 5.41) is 17.3. The fraction of sp³-hybridized carbons (Fsp3) is 0.727. The topological polar surface area (TPSA) is 49.7 Å². The van der Waals surface area contributed by atoms with Crippen LogP contribution >= 0.6 is 0 Å². The van der Waals surface area contributed by atoms with Crippen LogP contribution in [-0.2, 0) is 4.74 Å². The molecule has 0 radical (unpaired) electrons. The number of unbranched alkanes of at least 4 members (excludes halogenated alkanes) is 4. The number of benzene rings is 1. The fourth-order valence-corrected chi connectivity index (χ4v) is 2.46. The average molecular weight is 353 g/mol. The van der Waals surface area contributed by atoms with Crippen molar-refractivity contribution in [3.8, 4) is 11.5 Å². The first kappa shape index (κ1) is 23.8. The molecule has 0 aliphatic heterocycles. The number of ether oxygens (including phenoxy) is 1. The van der Waals surface area contributed by atoms with E-state index in [2.05, 4.69) is 27.7 Å². The molecule has 0 fully saturated rings. The normalized spacial score (nSPS) is 10.8. The van der Waals surface area contributed by atoms with Gasteiger partial charge in [-0.2, -0.15) is 0 Å². The molecule has 0 saturated heterocycles. The van der Waals surface area contributed by atoms with Crippen LogP contribution in [0.4, 0.5) is 0 Å². The summed E-state index contributed by atoms with van der Waals surface area (Å²) in [6.45, 7) is 11.1. The number of hydrogen-bond acceptors (Lipinski definition) is 3. The lowest BCUT2D eigenvalue weighted by atomic mass is 10.1.